The monoisotopic (exact) mass is 279 g/mol. The van der Waals surface area contributed by atoms with E-state index in [-0.39, 0.29) is 10.8 Å². The molecule has 19 heavy (non-hydrogen) atoms. The summed E-state index contributed by atoms with van der Waals surface area (Å²) in [6, 6.07) is 4.84. The van der Waals surface area contributed by atoms with Crippen molar-refractivity contribution in [3.8, 4) is 5.75 Å². The van der Waals surface area contributed by atoms with Gasteiger partial charge in [0.1, 0.15) is 25.0 Å². The summed E-state index contributed by atoms with van der Waals surface area (Å²) >= 11 is 5.94. The lowest BCUT2D eigenvalue weighted by Gasteiger charge is -2.08. The number of hydrogen-bond donors (Lipinski definition) is 0. The fourth-order valence-electron chi connectivity index (χ4n) is 1.24. The van der Waals surface area contributed by atoms with Crippen molar-refractivity contribution >= 4 is 23.8 Å². The van der Waals surface area contributed by atoms with Crippen molar-refractivity contribution in [3.05, 3.63) is 41.4 Å². The van der Waals surface area contributed by atoms with Gasteiger partial charge >= 0.3 is 0 Å². The molecule has 0 atom stereocenters. The molecule has 0 amide bonds. The van der Waals surface area contributed by atoms with Crippen LogP contribution in [0.15, 0.2) is 36.0 Å². The third kappa shape index (κ3) is 3.78. The maximum absolute atomic E-state index is 10.3. The van der Waals surface area contributed by atoms with Crippen LogP contribution in [0.4, 0.5) is 0 Å². The molecule has 98 valence electrons. The van der Waals surface area contributed by atoms with Crippen molar-refractivity contribution in [2.75, 3.05) is 6.61 Å². The highest BCUT2D eigenvalue weighted by Crippen LogP contribution is 2.24. The van der Waals surface area contributed by atoms with Gasteiger partial charge in [0.15, 0.2) is 0 Å². The first kappa shape index (κ1) is 13.0. The number of aromatic nitrogens is 3. The number of ether oxygens (including phenoxy) is 1. The standard InChI is InChI=1S/C11H9ClN4O3/c12-9-3-8(4-15-16-6-13-14-7-16)1-2-10(9)19-5-11(17)18/h1-4,6-7H,5H2,(H,17,18)/p-1/b15-4-. The third-order valence-corrected chi connectivity index (χ3v) is 2.34. The number of carboxylic acids is 1. The Labute approximate surface area is 113 Å². The van der Waals surface area contributed by atoms with E-state index < -0.39 is 12.6 Å². The Morgan fingerprint density at radius 1 is 1.47 bits per heavy atom. The first-order valence-corrected chi connectivity index (χ1v) is 5.54. The molecule has 8 heteroatoms. The highest BCUT2D eigenvalue weighted by atomic mass is 35.5. The molecule has 0 saturated carbocycles. The maximum Gasteiger partial charge on any atom is 0.141 e. The summed E-state index contributed by atoms with van der Waals surface area (Å²) in [4.78, 5) is 10.3. The number of carbonyl (C=O) groups is 1. The largest absolute Gasteiger partial charge is 0.546 e. The van der Waals surface area contributed by atoms with Crippen LogP contribution in [0.5, 0.6) is 5.75 Å². The molecule has 1 heterocycles. The SMILES string of the molecule is O=C([O-])COc1ccc(/C=N\n2cnnc2)cc1Cl. The molecule has 0 radical (unpaired) electrons. The van der Waals surface area contributed by atoms with Crippen molar-refractivity contribution in [1.29, 1.82) is 0 Å². The van der Waals surface area contributed by atoms with Crippen molar-refractivity contribution in [3.63, 3.8) is 0 Å². The molecule has 0 N–H and O–H groups in total. The zero-order chi connectivity index (χ0) is 13.7. The number of rotatable bonds is 5. The smallest absolute Gasteiger partial charge is 0.141 e. The fraction of sp³-hybridized carbons (Fsp3) is 0.0909. The van der Waals surface area contributed by atoms with Gasteiger partial charge in [-0.25, -0.2) is 4.68 Å². The molecule has 2 aromatic rings. The first-order chi connectivity index (χ1) is 9.15. The van der Waals surface area contributed by atoms with Crippen LogP contribution in [0.2, 0.25) is 5.02 Å². The minimum Gasteiger partial charge on any atom is -0.546 e. The van der Waals surface area contributed by atoms with Gasteiger partial charge in [-0.1, -0.05) is 11.6 Å². The second-order valence-corrected chi connectivity index (χ2v) is 3.84. The average Bonchev–Trinajstić information content (AvgIpc) is 2.88. The van der Waals surface area contributed by atoms with Crippen molar-refractivity contribution in [2.24, 2.45) is 5.10 Å². The Hall–Kier alpha value is -2.41. The Balaban J connectivity index is 2.08. The molecule has 1 aromatic heterocycles. The van der Waals surface area contributed by atoms with Gasteiger partial charge < -0.3 is 14.6 Å². The molecule has 0 spiro atoms. The first-order valence-electron chi connectivity index (χ1n) is 5.16. The number of hydrogen-bond acceptors (Lipinski definition) is 6. The van der Waals surface area contributed by atoms with E-state index in [1.807, 2.05) is 0 Å². The Kier molecular flexibility index (Phi) is 4.09. The zero-order valence-electron chi connectivity index (χ0n) is 9.56. The Morgan fingerprint density at radius 3 is 2.84 bits per heavy atom. The highest BCUT2D eigenvalue weighted by Gasteiger charge is 2.02. The normalized spacial score (nSPS) is 10.8. The van der Waals surface area contributed by atoms with Gasteiger partial charge in [-0.3, -0.25) is 0 Å². The number of halogens is 1. The maximum atomic E-state index is 10.3. The summed E-state index contributed by atoms with van der Waals surface area (Å²) in [5, 5.41) is 21.8. The lowest BCUT2D eigenvalue weighted by molar-refractivity contribution is -0.307. The lowest BCUT2D eigenvalue weighted by Crippen LogP contribution is -2.28. The van der Waals surface area contributed by atoms with E-state index in [1.165, 1.54) is 17.3 Å². The molecule has 0 saturated heterocycles. The van der Waals surface area contributed by atoms with Gasteiger partial charge in [-0.15, -0.1) is 10.2 Å². The predicted molar refractivity (Wildman–Crippen MR) is 65.0 cm³/mol. The summed E-state index contributed by atoms with van der Waals surface area (Å²) < 4.78 is 6.36. The lowest BCUT2D eigenvalue weighted by atomic mass is 10.2. The fourth-order valence-corrected chi connectivity index (χ4v) is 1.48. The van der Waals surface area contributed by atoms with E-state index in [0.29, 0.717) is 0 Å². The summed E-state index contributed by atoms with van der Waals surface area (Å²) in [5.41, 5.74) is 0.722. The van der Waals surface area contributed by atoms with Crippen molar-refractivity contribution in [2.45, 2.75) is 0 Å². The van der Waals surface area contributed by atoms with Crippen LogP contribution in [0, 0.1) is 0 Å². The van der Waals surface area contributed by atoms with Gasteiger partial charge in [-0.2, -0.15) is 5.10 Å². The van der Waals surface area contributed by atoms with Crippen LogP contribution >= 0.6 is 11.6 Å². The van der Waals surface area contributed by atoms with E-state index in [4.69, 9.17) is 16.3 Å². The molecule has 0 unspecified atom stereocenters. The van der Waals surface area contributed by atoms with Crippen LogP contribution < -0.4 is 9.84 Å². The Morgan fingerprint density at radius 2 is 2.21 bits per heavy atom. The number of carboxylic acid groups (broad SMARTS) is 1. The molecular weight excluding hydrogens is 272 g/mol. The molecule has 0 bridgehead atoms. The zero-order valence-corrected chi connectivity index (χ0v) is 10.3. The summed E-state index contributed by atoms with van der Waals surface area (Å²) in [6.07, 6.45) is 4.43. The number of aliphatic carboxylic acids is 1. The highest BCUT2D eigenvalue weighted by molar-refractivity contribution is 6.32. The molecule has 0 fully saturated rings. The van der Waals surface area contributed by atoms with E-state index in [1.54, 1.807) is 24.4 Å². The quantitative estimate of drug-likeness (QED) is 0.715. The average molecular weight is 280 g/mol. The number of carbonyl (C=O) groups excluding carboxylic acids is 1. The second kappa shape index (κ2) is 5.96. The van der Waals surface area contributed by atoms with E-state index in [9.17, 15) is 9.90 Å². The minimum absolute atomic E-state index is 0.271. The van der Waals surface area contributed by atoms with Gasteiger partial charge in [0.25, 0.3) is 0 Å². The Bertz CT molecular complexity index is 598. The predicted octanol–water partition coefficient (Wildman–Crippen LogP) is -0.0576. The topological polar surface area (TPSA) is 92.4 Å². The van der Waals surface area contributed by atoms with E-state index in [0.717, 1.165) is 5.56 Å². The summed E-state index contributed by atoms with van der Waals surface area (Å²) in [7, 11) is 0. The molecule has 0 aliphatic heterocycles. The van der Waals surface area contributed by atoms with Crippen LogP contribution in [0.25, 0.3) is 0 Å². The minimum atomic E-state index is -1.31. The molecular formula is C11H8ClN4O3-. The van der Waals surface area contributed by atoms with Crippen molar-refractivity contribution < 1.29 is 14.6 Å². The third-order valence-electron chi connectivity index (χ3n) is 2.05. The molecule has 2 rings (SSSR count). The molecule has 1 aromatic carbocycles. The van der Waals surface area contributed by atoms with Gasteiger partial charge in [0.05, 0.1) is 17.2 Å². The van der Waals surface area contributed by atoms with Gasteiger partial charge in [0, 0.05) is 0 Å². The summed E-state index contributed by atoms with van der Waals surface area (Å²) in [6.45, 7) is -0.548. The molecule has 0 aliphatic carbocycles. The number of benzene rings is 1. The van der Waals surface area contributed by atoms with Crippen LogP contribution in [-0.4, -0.2) is 33.7 Å². The summed E-state index contributed by atoms with van der Waals surface area (Å²) in [5.74, 6) is -1.04. The van der Waals surface area contributed by atoms with Crippen molar-refractivity contribution in [1.82, 2.24) is 14.9 Å². The van der Waals surface area contributed by atoms with E-state index in [2.05, 4.69) is 15.3 Å². The molecule has 7 nitrogen and oxygen atoms in total. The number of nitrogens with zero attached hydrogens (tertiary/aromatic N) is 4. The van der Waals surface area contributed by atoms with Crippen LogP contribution in [-0.2, 0) is 4.79 Å². The van der Waals surface area contributed by atoms with Gasteiger partial charge in [-0.05, 0) is 23.8 Å². The van der Waals surface area contributed by atoms with E-state index >= 15 is 0 Å². The second-order valence-electron chi connectivity index (χ2n) is 3.44. The van der Waals surface area contributed by atoms with Gasteiger partial charge in [0.2, 0.25) is 0 Å². The van der Waals surface area contributed by atoms with Crippen LogP contribution in [0.1, 0.15) is 5.56 Å². The van der Waals surface area contributed by atoms with Crippen LogP contribution in [0.3, 0.4) is 0 Å². The molecule has 0 aliphatic rings.